The van der Waals surface area contributed by atoms with Crippen molar-refractivity contribution in [3.63, 3.8) is 0 Å². The lowest BCUT2D eigenvalue weighted by molar-refractivity contribution is 0.0283. The van der Waals surface area contributed by atoms with E-state index in [0.717, 1.165) is 49.0 Å². The third kappa shape index (κ3) is 4.61. The minimum absolute atomic E-state index is 0.107. The molecule has 0 radical (unpaired) electrons. The van der Waals surface area contributed by atoms with Gasteiger partial charge in [-0.3, -0.25) is 0 Å². The van der Waals surface area contributed by atoms with Crippen molar-refractivity contribution in [2.75, 3.05) is 17.8 Å². The summed E-state index contributed by atoms with van der Waals surface area (Å²) in [5, 5.41) is 24.1. The Morgan fingerprint density at radius 3 is 2.58 bits per heavy atom. The molecule has 4 bridgehead atoms. The van der Waals surface area contributed by atoms with Crippen LogP contribution in [0.15, 0.2) is 36.8 Å². The Bertz CT molecular complexity index is 1520. The summed E-state index contributed by atoms with van der Waals surface area (Å²) in [5.41, 5.74) is 1.37. The maximum Gasteiger partial charge on any atom is 0.209 e. The van der Waals surface area contributed by atoms with E-state index in [2.05, 4.69) is 20.8 Å². The molecule has 2 aliphatic heterocycles. The molecule has 200 valence electrons. The Kier molecular flexibility index (Phi) is 5.72. The number of aliphatic hydroxyl groups is 1. The summed E-state index contributed by atoms with van der Waals surface area (Å²) >= 11 is 0. The van der Waals surface area contributed by atoms with Gasteiger partial charge < -0.3 is 14.7 Å². The molecule has 0 spiro atoms. The fraction of sp³-hybridized carbons (Fsp3) is 0.519. The van der Waals surface area contributed by atoms with E-state index >= 15 is 0 Å². The molecule has 0 unspecified atom stereocenters. The largest absolute Gasteiger partial charge is 0.489 e. The van der Waals surface area contributed by atoms with Gasteiger partial charge in [-0.25, -0.2) is 22.6 Å². The second kappa shape index (κ2) is 8.66. The van der Waals surface area contributed by atoms with Crippen molar-refractivity contribution in [1.29, 1.82) is 5.26 Å². The maximum absolute atomic E-state index is 12.1. The number of hydrogen-bond acceptors (Lipinski definition) is 8. The molecule has 4 atom stereocenters. The highest BCUT2D eigenvalue weighted by atomic mass is 32.2. The normalized spacial score (nSPS) is 26.6. The van der Waals surface area contributed by atoms with Crippen molar-refractivity contribution in [2.45, 2.75) is 69.2 Å². The summed E-state index contributed by atoms with van der Waals surface area (Å²) in [5.74, 6) is 1.94. The minimum Gasteiger partial charge on any atom is -0.489 e. The minimum atomic E-state index is -3.28. The van der Waals surface area contributed by atoms with Crippen molar-refractivity contribution < 1.29 is 18.3 Å². The third-order valence-electron chi connectivity index (χ3n) is 7.95. The Morgan fingerprint density at radius 1 is 1.24 bits per heavy atom. The van der Waals surface area contributed by atoms with Crippen LogP contribution in [-0.2, 0) is 10.0 Å². The average Bonchev–Trinajstić information content (AvgIpc) is 3.23. The van der Waals surface area contributed by atoms with Gasteiger partial charge in [-0.1, -0.05) is 0 Å². The molecular weight excluding hydrogens is 504 g/mol. The highest BCUT2D eigenvalue weighted by Crippen LogP contribution is 2.52. The number of pyridine rings is 2. The number of hydrogen-bond donors (Lipinski definition) is 2. The van der Waals surface area contributed by atoms with Crippen molar-refractivity contribution in [1.82, 2.24) is 19.3 Å². The van der Waals surface area contributed by atoms with Gasteiger partial charge in [0.2, 0.25) is 10.0 Å². The molecule has 2 N–H and O–H groups in total. The number of sulfonamides is 1. The second-order valence-electron chi connectivity index (χ2n) is 11.9. The van der Waals surface area contributed by atoms with Crippen LogP contribution in [0, 0.1) is 17.2 Å². The van der Waals surface area contributed by atoms with Crippen LogP contribution < -0.4 is 14.4 Å². The summed E-state index contributed by atoms with van der Waals surface area (Å²) in [6.07, 6.45) is 10.9. The van der Waals surface area contributed by atoms with E-state index in [4.69, 9.17) is 9.72 Å². The molecule has 4 fully saturated rings. The smallest absolute Gasteiger partial charge is 0.209 e. The second-order valence-corrected chi connectivity index (χ2v) is 13.6. The molecule has 7 rings (SSSR count). The van der Waals surface area contributed by atoms with E-state index in [0.29, 0.717) is 22.7 Å². The Balaban J connectivity index is 1.31. The quantitative estimate of drug-likeness (QED) is 0.471. The van der Waals surface area contributed by atoms with Gasteiger partial charge in [-0.15, -0.1) is 0 Å². The fourth-order valence-corrected chi connectivity index (χ4v) is 7.99. The van der Waals surface area contributed by atoms with Crippen LogP contribution in [0.1, 0.15) is 51.5 Å². The van der Waals surface area contributed by atoms with Crippen molar-refractivity contribution in [3.05, 3.63) is 42.4 Å². The summed E-state index contributed by atoms with van der Waals surface area (Å²) < 4.78 is 34.6. The first kappa shape index (κ1) is 25.1. The highest BCUT2D eigenvalue weighted by molar-refractivity contribution is 7.88. The molecular formula is C27H32N6O4S. The molecule has 38 heavy (non-hydrogen) atoms. The van der Waals surface area contributed by atoms with Gasteiger partial charge in [-0.2, -0.15) is 10.4 Å². The molecule has 0 amide bonds. The van der Waals surface area contributed by atoms with Crippen LogP contribution in [-0.4, -0.2) is 64.2 Å². The van der Waals surface area contributed by atoms with Crippen LogP contribution in [0.5, 0.6) is 5.75 Å². The number of fused-ring (bicyclic) bond motifs is 1. The van der Waals surface area contributed by atoms with Gasteiger partial charge in [0.1, 0.15) is 24.2 Å². The highest BCUT2D eigenvalue weighted by Gasteiger charge is 2.55. The summed E-state index contributed by atoms with van der Waals surface area (Å²) in [6, 6.07) is 8.57. The van der Waals surface area contributed by atoms with Gasteiger partial charge in [0, 0.05) is 34.9 Å². The maximum atomic E-state index is 12.1. The molecule has 5 heterocycles. The molecule has 2 saturated carbocycles. The first-order chi connectivity index (χ1) is 17.9. The molecule has 0 aromatic carbocycles. The summed E-state index contributed by atoms with van der Waals surface area (Å²) in [4.78, 5) is 7.24. The third-order valence-corrected chi connectivity index (χ3v) is 8.76. The van der Waals surface area contributed by atoms with E-state index in [1.807, 2.05) is 24.4 Å². The van der Waals surface area contributed by atoms with E-state index < -0.39 is 15.6 Å². The number of nitriles is 1. The SMILES string of the molecule is CC(C)(O)COc1cc(-c2ccc(N3[C@@H]4C[C@@H]5C[C@H]3C[C@@](NS(C)(=O)=O)(C5)C4)nc2)c2c(C#N)cnn2c1. The molecule has 4 aliphatic rings. The number of anilines is 1. The van der Waals surface area contributed by atoms with Gasteiger partial charge in [-0.05, 0) is 70.1 Å². The van der Waals surface area contributed by atoms with E-state index in [1.54, 1.807) is 24.6 Å². The van der Waals surface area contributed by atoms with Crippen molar-refractivity contribution >= 4 is 21.4 Å². The summed E-state index contributed by atoms with van der Waals surface area (Å²) in [6.45, 7) is 3.46. The molecule has 2 saturated heterocycles. The fourth-order valence-electron chi connectivity index (χ4n) is 6.95. The molecule has 10 nitrogen and oxygen atoms in total. The Labute approximate surface area is 222 Å². The number of nitrogens with zero attached hydrogens (tertiary/aromatic N) is 5. The summed E-state index contributed by atoms with van der Waals surface area (Å²) in [7, 11) is -3.28. The van der Waals surface area contributed by atoms with Crippen LogP contribution in [0.25, 0.3) is 16.6 Å². The van der Waals surface area contributed by atoms with Gasteiger partial charge in [0.15, 0.2) is 0 Å². The number of aromatic nitrogens is 3. The number of nitrogens with one attached hydrogen (secondary N) is 1. The van der Waals surface area contributed by atoms with Gasteiger partial charge >= 0.3 is 0 Å². The first-order valence-corrected chi connectivity index (χ1v) is 14.8. The topological polar surface area (TPSA) is 133 Å². The number of rotatable bonds is 7. The predicted molar refractivity (Wildman–Crippen MR) is 142 cm³/mol. The zero-order valence-corrected chi connectivity index (χ0v) is 22.6. The zero-order valence-electron chi connectivity index (χ0n) is 21.8. The van der Waals surface area contributed by atoms with Crippen molar-refractivity contribution in [2.24, 2.45) is 5.92 Å². The van der Waals surface area contributed by atoms with E-state index in [-0.39, 0.29) is 24.2 Å². The molecule has 2 aliphatic carbocycles. The van der Waals surface area contributed by atoms with Crippen LogP contribution in [0.2, 0.25) is 0 Å². The first-order valence-electron chi connectivity index (χ1n) is 12.9. The number of ether oxygens (including phenoxy) is 1. The van der Waals surface area contributed by atoms with Crippen LogP contribution >= 0.6 is 0 Å². The van der Waals surface area contributed by atoms with Crippen LogP contribution in [0.4, 0.5) is 5.82 Å². The monoisotopic (exact) mass is 536 g/mol. The van der Waals surface area contributed by atoms with Crippen LogP contribution in [0.3, 0.4) is 0 Å². The lowest BCUT2D eigenvalue weighted by atomic mass is 9.60. The van der Waals surface area contributed by atoms with Gasteiger partial charge in [0.25, 0.3) is 0 Å². The lowest BCUT2D eigenvalue weighted by Gasteiger charge is -2.61. The van der Waals surface area contributed by atoms with Crippen molar-refractivity contribution in [3.8, 4) is 22.9 Å². The Hall–Kier alpha value is -3.20. The zero-order chi connectivity index (χ0) is 26.9. The standard InChI is InChI=1S/C27H32N6O4S/c1-26(2,34)16-37-22-8-23(25-19(12-28)14-30-32(25)15-22)18-4-5-24(29-13-18)33-20-6-17-7-21(33)11-27(9-17,10-20)31-38(3,35)36/h4-5,8,13-15,17,20-21,31,34H,6-7,9-11,16H2,1-3H3/t17-,20-,21+,27-. The van der Waals surface area contributed by atoms with E-state index in [9.17, 15) is 18.8 Å². The average molecular weight is 537 g/mol. The predicted octanol–water partition coefficient (Wildman–Crippen LogP) is 2.86. The molecule has 3 aromatic rings. The van der Waals surface area contributed by atoms with Gasteiger partial charge in [0.05, 0.1) is 35.3 Å². The number of piperidine rings is 2. The Morgan fingerprint density at radius 2 is 1.97 bits per heavy atom. The molecule has 11 heteroatoms. The lowest BCUT2D eigenvalue weighted by Crippen LogP contribution is -2.69. The van der Waals surface area contributed by atoms with E-state index in [1.165, 1.54) is 12.5 Å². The molecule has 3 aromatic heterocycles.